The summed E-state index contributed by atoms with van der Waals surface area (Å²) in [5.74, 6) is 0.794. The van der Waals surface area contributed by atoms with Crippen molar-refractivity contribution in [3.8, 4) is 0 Å². The fourth-order valence-corrected chi connectivity index (χ4v) is 3.11. The summed E-state index contributed by atoms with van der Waals surface area (Å²) >= 11 is 0. The van der Waals surface area contributed by atoms with E-state index in [0.29, 0.717) is 0 Å². The molecule has 88 valence electrons. The normalized spacial score (nSPS) is 36.8. The third-order valence-corrected chi connectivity index (χ3v) is 4.46. The van der Waals surface area contributed by atoms with Crippen LogP contribution in [0.1, 0.15) is 52.9 Å². The highest BCUT2D eigenvalue weighted by molar-refractivity contribution is 5.00. The van der Waals surface area contributed by atoms with E-state index in [-0.39, 0.29) is 5.54 Å². The molecule has 0 aromatic heterocycles. The van der Waals surface area contributed by atoms with Crippen LogP contribution in [0.25, 0.3) is 0 Å². The quantitative estimate of drug-likeness (QED) is 0.772. The Balaban J connectivity index is 1.96. The molecular weight excluding hydrogens is 184 g/mol. The second-order valence-electron chi connectivity index (χ2n) is 5.94. The van der Waals surface area contributed by atoms with Gasteiger partial charge in [-0.05, 0) is 51.9 Å². The van der Waals surface area contributed by atoms with Gasteiger partial charge in [0.25, 0.3) is 0 Å². The van der Waals surface area contributed by atoms with Crippen molar-refractivity contribution in [2.45, 2.75) is 70.5 Å². The molecule has 2 aliphatic rings. The van der Waals surface area contributed by atoms with E-state index in [9.17, 15) is 0 Å². The van der Waals surface area contributed by atoms with Gasteiger partial charge in [0, 0.05) is 24.2 Å². The lowest BCUT2D eigenvalue weighted by atomic mass is 9.95. The van der Waals surface area contributed by atoms with Crippen molar-refractivity contribution in [2.75, 3.05) is 6.54 Å². The summed E-state index contributed by atoms with van der Waals surface area (Å²) in [7, 11) is 0. The molecule has 0 spiro atoms. The fourth-order valence-electron chi connectivity index (χ4n) is 3.11. The molecule has 2 heteroatoms. The van der Waals surface area contributed by atoms with Gasteiger partial charge in [-0.25, -0.2) is 0 Å². The number of rotatable bonds is 4. The fraction of sp³-hybridized carbons (Fsp3) is 1.00. The lowest BCUT2D eigenvalue weighted by Gasteiger charge is -2.36. The van der Waals surface area contributed by atoms with Crippen molar-refractivity contribution in [1.82, 2.24) is 4.90 Å². The Kier molecular flexibility index (Phi) is 3.09. The molecule has 0 bridgehead atoms. The lowest BCUT2D eigenvalue weighted by Crippen LogP contribution is -2.52. The number of hydrogen-bond donors (Lipinski definition) is 1. The smallest absolute Gasteiger partial charge is 0.0283 e. The molecule has 2 rings (SSSR count). The maximum Gasteiger partial charge on any atom is 0.0283 e. The summed E-state index contributed by atoms with van der Waals surface area (Å²) in [5.41, 5.74) is 6.50. The number of nitrogens with two attached hydrogens (primary N) is 1. The van der Waals surface area contributed by atoms with E-state index >= 15 is 0 Å². The van der Waals surface area contributed by atoms with Crippen LogP contribution in [0.2, 0.25) is 0 Å². The van der Waals surface area contributed by atoms with Crippen molar-refractivity contribution in [3.63, 3.8) is 0 Å². The van der Waals surface area contributed by atoms with Crippen LogP contribution >= 0.6 is 0 Å². The summed E-state index contributed by atoms with van der Waals surface area (Å²) < 4.78 is 0. The first-order valence-corrected chi connectivity index (χ1v) is 6.59. The second-order valence-corrected chi connectivity index (χ2v) is 5.94. The van der Waals surface area contributed by atoms with E-state index in [2.05, 4.69) is 25.7 Å². The molecule has 1 heterocycles. The van der Waals surface area contributed by atoms with Gasteiger partial charge in [-0.2, -0.15) is 0 Å². The molecule has 1 aliphatic carbocycles. The van der Waals surface area contributed by atoms with Crippen LogP contribution in [0.4, 0.5) is 0 Å². The first-order chi connectivity index (χ1) is 7.04. The van der Waals surface area contributed by atoms with Crippen molar-refractivity contribution in [3.05, 3.63) is 0 Å². The zero-order valence-electron chi connectivity index (χ0n) is 10.5. The predicted octanol–water partition coefficient (Wildman–Crippen LogP) is 2.38. The van der Waals surface area contributed by atoms with Gasteiger partial charge in [-0.1, -0.05) is 6.92 Å². The lowest BCUT2D eigenvalue weighted by molar-refractivity contribution is 0.148. The van der Waals surface area contributed by atoms with Gasteiger partial charge in [-0.15, -0.1) is 0 Å². The first-order valence-electron chi connectivity index (χ1n) is 6.59. The van der Waals surface area contributed by atoms with E-state index < -0.39 is 0 Å². The molecule has 2 nitrogen and oxygen atoms in total. The minimum atomic E-state index is 0.0615. The summed E-state index contributed by atoms with van der Waals surface area (Å²) in [6, 6.07) is 1.54. The van der Waals surface area contributed by atoms with E-state index in [1.54, 1.807) is 0 Å². The Bertz CT molecular complexity index is 221. The van der Waals surface area contributed by atoms with Gasteiger partial charge in [0.15, 0.2) is 0 Å². The van der Waals surface area contributed by atoms with Crippen molar-refractivity contribution in [1.29, 1.82) is 0 Å². The Hall–Kier alpha value is -0.0800. The van der Waals surface area contributed by atoms with Crippen LogP contribution in [-0.4, -0.2) is 29.1 Å². The molecule has 0 radical (unpaired) electrons. The van der Waals surface area contributed by atoms with Crippen molar-refractivity contribution in [2.24, 2.45) is 11.7 Å². The van der Waals surface area contributed by atoms with E-state index in [1.807, 2.05) is 0 Å². The Morgan fingerprint density at radius 2 is 1.93 bits per heavy atom. The van der Waals surface area contributed by atoms with Crippen LogP contribution in [0.15, 0.2) is 0 Å². The van der Waals surface area contributed by atoms with Gasteiger partial charge >= 0.3 is 0 Å². The molecule has 3 unspecified atom stereocenters. The third-order valence-electron chi connectivity index (χ3n) is 4.46. The Morgan fingerprint density at radius 1 is 1.27 bits per heavy atom. The summed E-state index contributed by atoms with van der Waals surface area (Å²) in [4.78, 5) is 2.66. The predicted molar refractivity (Wildman–Crippen MR) is 64.8 cm³/mol. The van der Waals surface area contributed by atoms with E-state index in [0.717, 1.165) is 24.5 Å². The zero-order valence-corrected chi connectivity index (χ0v) is 10.5. The van der Waals surface area contributed by atoms with Crippen LogP contribution in [0.3, 0.4) is 0 Å². The molecule has 1 aliphatic heterocycles. The minimum Gasteiger partial charge on any atom is -0.324 e. The molecule has 15 heavy (non-hydrogen) atoms. The molecule has 0 aromatic carbocycles. The van der Waals surface area contributed by atoms with Gasteiger partial charge in [-0.3, -0.25) is 4.90 Å². The molecule has 2 fully saturated rings. The van der Waals surface area contributed by atoms with Crippen molar-refractivity contribution >= 4 is 0 Å². The Morgan fingerprint density at radius 3 is 2.47 bits per heavy atom. The van der Waals surface area contributed by atoms with Gasteiger partial charge in [0.1, 0.15) is 0 Å². The number of nitrogens with zero attached hydrogens (tertiary/aromatic N) is 1. The van der Waals surface area contributed by atoms with E-state index in [4.69, 9.17) is 5.73 Å². The maximum absolute atomic E-state index is 6.44. The average molecular weight is 210 g/mol. The zero-order chi connectivity index (χ0) is 11.1. The highest BCUT2D eigenvalue weighted by Gasteiger charge is 2.42. The molecule has 1 saturated carbocycles. The van der Waals surface area contributed by atoms with Gasteiger partial charge in [0.05, 0.1) is 0 Å². The second kappa shape index (κ2) is 4.06. The third kappa shape index (κ3) is 2.36. The number of hydrogen-bond acceptors (Lipinski definition) is 2. The van der Waals surface area contributed by atoms with Crippen LogP contribution < -0.4 is 5.73 Å². The molecule has 0 amide bonds. The Labute approximate surface area is 94.2 Å². The molecule has 2 N–H and O–H groups in total. The summed E-state index contributed by atoms with van der Waals surface area (Å²) in [6.45, 7) is 8.03. The van der Waals surface area contributed by atoms with Crippen molar-refractivity contribution < 1.29 is 0 Å². The van der Waals surface area contributed by atoms with Crippen LogP contribution in [-0.2, 0) is 0 Å². The van der Waals surface area contributed by atoms with Gasteiger partial charge in [0.2, 0.25) is 0 Å². The molecule has 3 atom stereocenters. The first kappa shape index (κ1) is 11.4. The largest absolute Gasteiger partial charge is 0.324 e. The van der Waals surface area contributed by atoms with Crippen LogP contribution in [0.5, 0.6) is 0 Å². The minimum absolute atomic E-state index is 0.0615. The van der Waals surface area contributed by atoms with Gasteiger partial charge < -0.3 is 5.73 Å². The molecular formula is C13H26N2. The van der Waals surface area contributed by atoms with Crippen LogP contribution in [0, 0.1) is 5.92 Å². The summed E-state index contributed by atoms with van der Waals surface area (Å²) in [5, 5.41) is 0. The average Bonchev–Trinajstić information content (AvgIpc) is 2.96. The highest BCUT2D eigenvalue weighted by atomic mass is 15.2. The van der Waals surface area contributed by atoms with E-state index in [1.165, 1.54) is 32.1 Å². The monoisotopic (exact) mass is 210 g/mol. The highest BCUT2D eigenvalue weighted by Crippen LogP contribution is 2.40. The number of likely N-dealkylation sites (tertiary alicyclic amines) is 1. The summed E-state index contributed by atoms with van der Waals surface area (Å²) in [6.07, 6.45) is 6.72. The standard InChI is InChI=1S/C13H26N2/c1-4-12-8-5-10(2)15(12)9-13(3,14)11-6-7-11/h10-12H,4-9,14H2,1-3H3. The molecule has 0 aromatic rings. The molecule has 1 saturated heterocycles. The topological polar surface area (TPSA) is 29.3 Å². The maximum atomic E-state index is 6.44. The SMILES string of the molecule is CCC1CCC(C)N1CC(C)(N)C1CC1.